The summed E-state index contributed by atoms with van der Waals surface area (Å²) in [6.45, 7) is 17.8. The van der Waals surface area contributed by atoms with Gasteiger partial charge in [-0.2, -0.15) is 0 Å². The minimum absolute atomic E-state index is 0.0881. The molecule has 1 amide bonds. The molecule has 1 saturated carbocycles. The Hall–Kier alpha value is -0.770. The average molecular weight is 327 g/mol. The summed E-state index contributed by atoms with van der Waals surface area (Å²) in [5, 5.41) is 6.71. The van der Waals surface area contributed by atoms with Gasteiger partial charge < -0.3 is 15.4 Å². The molecule has 3 atom stereocenters. The number of hydrogen-bond acceptors (Lipinski definition) is 3. The van der Waals surface area contributed by atoms with Crippen molar-refractivity contribution in [3.63, 3.8) is 0 Å². The van der Waals surface area contributed by atoms with Crippen molar-refractivity contribution in [2.75, 3.05) is 6.54 Å². The molecular formula is C19H38N2O2. The predicted molar refractivity (Wildman–Crippen MR) is 96.6 cm³/mol. The third kappa shape index (κ3) is 8.05. The first kappa shape index (κ1) is 20.3. The fourth-order valence-corrected chi connectivity index (χ4v) is 3.71. The summed E-state index contributed by atoms with van der Waals surface area (Å²) in [7, 11) is 0. The maximum atomic E-state index is 12.0. The number of ether oxygens (including phenoxy) is 1. The largest absolute Gasteiger partial charge is 0.444 e. The number of alkyl carbamates (subject to hydrolysis) is 1. The third-order valence-electron chi connectivity index (χ3n) is 4.52. The van der Waals surface area contributed by atoms with E-state index in [9.17, 15) is 4.79 Å². The van der Waals surface area contributed by atoms with Gasteiger partial charge >= 0.3 is 6.09 Å². The second kappa shape index (κ2) is 7.87. The van der Waals surface area contributed by atoms with Crippen LogP contribution in [0.25, 0.3) is 0 Å². The van der Waals surface area contributed by atoms with Gasteiger partial charge in [0.25, 0.3) is 0 Å². The van der Waals surface area contributed by atoms with Crippen LogP contribution in [0.3, 0.4) is 0 Å². The SMILES string of the molecule is CC1CC(NCC(NC(=O)OC(C)(C)C)C(C)C)CC(C)(C)C1. The summed E-state index contributed by atoms with van der Waals surface area (Å²) < 4.78 is 5.38. The van der Waals surface area contributed by atoms with Crippen molar-refractivity contribution in [3.8, 4) is 0 Å². The smallest absolute Gasteiger partial charge is 0.407 e. The molecule has 4 nitrogen and oxygen atoms in total. The van der Waals surface area contributed by atoms with Crippen LogP contribution in [-0.4, -0.2) is 30.3 Å². The molecule has 0 spiro atoms. The lowest BCUT2D eigenvalue weighted by Gasteiger charge is -2.40. The molecule has 0 saturated heterocycles. The van der Waals surface area contributed by atoms with Gasteiger partial charge in [0.2, 0.25) is 0 Å². The zero-order valence-corrected chi connectivity index (χ0v) is 16.5. The number of nitrogens with one attached hydrogen (secondary N) is 2. The third-order valence-corrected chi connectivity index (χ3v) is 4.52. The summed E-state index contributed by atoms with van der Waals surface area (Å²) >= 11 is 0. The molecule has 0 heterocycles. The van der Waals surface area contributed by atoms with Gasteiger partial charge in [-0.15, -0.1) is 0 Å². The molecule has 1 aliphatic rings. The first-order chi connectivity index (χ1) is 10.4. The Kier molecular flexibility index (Phi) is 6.94. The topological polar surface area (TPSA) is 50.4 Å². The Labute approximate surface area is 143 Å². The minimum Gasteiger partial charge on any atom is -0.444 e. The molecule has 0 aromatic heterocycles. The maximum Gasteiger partial charge on any atom is 0.407 e. The first-order valence-corrected chi connectivity index (χ1v) is 9.11. The molecule has 2 N–H and O–H groups in total. The average Bonchev–Trinajstić information content (AvgIpc) is 2.29. The van der Waals surface area contributed by atoms with Crippen LogP contribution in [-0.2, 0) is 4.74 Å². The molecule has 0 aromatic carbocycles. The van der Waals surface area contributed by atoms with Gasteiger partial charge in [0.1, 0.15) is 5.60 Å². The van der Waals surface area contributed by atoms with E-state index in [1.54, 1.807) is 0 Å². The Balaban J connectivity index is 2.52. The fourth-order valence-electron chi connectivity index (χ4n) is 3.71. The van der Waals surface area contributed by atoms with E-state index in [0.717, 1.165) is 12.5 Å². The van der Waals surface area contributed by atoms with E-state index in [1.165, 1.54) is 19.3 Å². The molecule has 0 radical (unpaired) electrons. The molecule has 23 heavy (non-hydrogen) atoms. The van der Waals surface area contributed by atoms with Crippen molar-refractivity contribution in [2.24, 2.45) is 17.3 Å². The zero-order chi connectivity index (χ0) is 17.8. The highest BCUT2D eigenvalue weighted by Gasteiger charge is 2.32. The Bertz CT molecular complexity index is 385. The first-order valence-electron chi connectivity index (χ1n) is 9.11. The molecule has 0 aromatic rings. The van der Waals surface area contributed by atoms with E-state index in [2.05, 4.69) is 45.3 Å². The van der Waals surface area contributed by atoms with Crippen molar-refractivity contribution in [3.05, 3.63) is 0 Å². The Morgan fingerprint density at radius 2 is 1.87 bits per heavy atom. The molecule has 4 heteroatoms. The molecule has 136 valence electrons. The van der Waals surface area contributed by atoms with Crippen LogP contribution < -0.4 is 10.6 Å². The van der Waals surface area contributed by atoms with Gasteiger partial charge in [0, 0.05) is 18.6 Å². The van der Waals surface area contributed by atoms with E-state index in [4.69, 9.17) is 4.74 Å². The van der Waals surface area contributed by atoms with Crippen LogP contribution in [0.1, 0.15) is 74.7 Å². The van der Waals surface area contributed by atoms with Crippen LogP contribution in [0, 0.1) is 17.3 Å². The van der Waals surface area contributed by atoms with Crippen molar-refractivity contribution in [1.29, 1.82) is 0 Å². The van der Waals surface area contributed by atoms with E-state index >= 15 is 0 Å². The molecule has 0 aliphatic heterocycles. The summed E-state index contributed by atoms with van der Waals surface area (Å²) in [4.78, 5) is 12.0. The van der Waals surface area contributed by atoms with E-state index < -0.39 is 5.60 Å². The quantitative estimate of drug-likeness (QED) is 0.790. The zero-order valence-electron chi connectivity index (χ0n) is 16.5. The number of carbonyl (C=O) groups excluding carboxylic acids is 1. The van der Waals surface area contributed by atoms with Gasteiger partial charge in [0.15, 0.2) is 0 Å². The second-order valence-corrected chi connectivity index (χ2v) is 9.52. The lowest BCUT2D eigenvalue weighted by Crippen LogP contribution is -2.50. The predicted octanol–water partition coefficient (Wildman–Crippen LogP) is 4.34. The summed E-state index contributed by atoms with van der Waals surface area (Å²) in [5.74, 6) is 1.12. The van der Waals surface area contributed by atoms with Gasteiger partial charge in [-0.1, -0.05) is 34.6 Å². The lowest BCUT2D eigenvalue weighted by molar-refractivity contribution is 0.0485. The van der Waals surface area contributed by atoms with Gasteiger partial charge in [-0.3, -0.25) is 0 Å². The van der Waals surface area contributed by atoms with E-state index in [1.807, 2.05) is 20.8 Å². The Morgan fingerprint density at radius 3 is 2.35 bits per heavy atom. The van der Waals surface area contributed by atoms with Crippen molar-refractivity contribution in [1.82, 2.24) is 10.6 Å². The maximum absolute atomic E-state index is 12.0. The van der Waals surface area contributed by atoms with Gasteiger partial charge in [-0.25, -0.2) is 4.79 Å². The molecule has 1 rings (SSSR count). The molecular weight excluding hydrogens is 288 g/mol. The van der Waals surface area contributed by atoms with Gasteiger partial charge in [-0.05, 0) is 57.3 Å². The van der Waals surface area contributed by atoms with Crippen LogP contribution in [0.5, 0.6) is 0 Å². The van der Waals surface area contributed by atoms with Crippen molar-refractivity contribution < 1.29 is 9.53 Å². The molecule has 1 fully saturated rings. The second-order valence-electron chi connectivity index (χ2n) is 9.52. The molecule has 0 bridgehead atoms. The number of carbonyl (C=O) groups is 1. The molecule has 1 aliphatic carbocycles. The standard InChI is InChI=1S/C19H38N2O2/c1-13(2)16(21-17(22)23-18(4,5)6)12-20-15-9-14(3)10-19(7,8)11-15/h13-16,20H,9-12H2,1-8H3,(H,21,22). The summed E-state index contributed by atoms with van der Waals surface area (Å²) in [6, 6.07) is 0.626. The van der Waals surface area contributed by atoms with Crippen LogP contribution in [0.15, 0.2) is 0 Å². The van der Waals surface area contributed by atoms with Crippen molar-refractivity contribution in [2.45, 2.75) is 92.3 Å². The van der Waals surface area contributed by atoms with E-state index in [-0.39, 0.29) is 12.1 Å². The van der Waals surface area contributed by atoms with Crippen LogP contribution in [0.4, 0.5) is 4.79 Å². The monoisotopic (exact) mass is 326 g/mol. The highest BCUT2D eigenvalue weighted by molar-refractivity contribution is 5.68. The normalized spacial score (nSPS) is 26.0. The summed E-state index contributed by atoms with van der Waals surface area (Å²) in [6.07, 6.45) is 3.40. The van der Waals surface area contributed by atoms with E-state index in [0.29, 0.717) is 17.4 Å². The highest BCUT2D eigenvalue weighted by Crippen LogP contribution is 2.38. The van der Waals surface area contributed by atoms with Crippen molar-refractivity contribution >= 4 is 6.09 Å². The lowest BCUT2D eigenvalue weighted by atomic mass is 9.70. The van der Waals surface area contributed by atoms with Gasteiger partial charge in [0.05, 0.1) is 0 Å². The van der Waals surface area contributed by atoms with Crippen LogP contribution >= 0.6 is 0 Å². The molecule has 3 unspecified atom stereocenters. The minimum atomic E-state index is -0.456. The Morgan fingerprint density at radius 1 is 1.26 bits per heavy atom. The fraction of sp³-hybridized carbons (Fsp3) is 0.947. The highest BCUT2D eigenvalue weighted by atomic mass is 16.6. The van der Waals surface area contributed by atoms with Crippen LogP contribution in [0.2, 0.25) is 0 Å². The summed E-state index contributed by atoms with van der Waals surface area (Å²) in [5.41, 5.74) is -0.0525. The number of rotatable bonds is 5. The number of amides is 1. The number of hydrogen-bond donors (Lipinski definition) is 2.